The van der Waals surface area contributed by atoms with Crippen molar-refractivity contribution in [2.24, 2.45) is 0 Å². The third-order valence-electron chi connectivity index (χ3n) is 4.17. The van der Waals surface area contributed by atoms with E-state index in [9.17, 15) is 8.42 Å². The Labute approximate surface area is 136 Å². The van der Waals surface area contributed by atoms with E-state index >= 15 is 0 Å². The van der Waals surface area contributed by atoms with Crippen LogP contribution < -0.4 is 0 Å². The molecule has 0 amide bonds. The van der Waals surface area contributed by atoms with Crippen molar-refractivity contribution in [2.75, 3.05) is 26.2 Å². The third kappa shape index (κ3) is 3.45. The van der Waals surface area contributed by atoms with Gasteiger partial charge in [-0.25, -0.2) is 8.42 Å². The molecule has 0 aromatic carbocycles. The molecule has 1 aromatic heterocycles. The molecular weight excluding hydrogens is 328 g/mol. The highest BCUT2D eigenvalue weighted by atomic mass is 35.5. The minimum absolute atomic E-state index is 0.336. The molecule has 2 rings (SSSR count). The highest BCUT2D eigenvalue weighted by Crippen LogP contribution is 2.31. The van der Waals surface area contributed by atoms with Crippen LogP contribution in [0, 0.1) is 6.92 Å². The van der Waals surface area contributed by atoms with Gasteiger partial charge in [0.1, 0.15) is 4.21 Å². The van der Waals surface area contributed by atoms with E-state index < -0.39 is 10.0 Å². The van der Waals surface area contributed by atoms with Crippen molar-refractivity contribution >= 4 is 33.0 Å². The SMILES string of the molecule is CCN(CC)C1CCN(S(=O)(=O)c2cc(C)c(CCl)s2)C1. The number of alkyl halides is 1. The summed E-state index contributed by atoms with van der Waals surface area (Å²) in [7, 11) is -3.37. The Morgan fingerprint density at radius 3 is 2.62 bits per heavy atom. The minimum atomic E-state index is -3.37. The first-order chi connectivity index (χ1) is 9.93. The van der Waals surface area contributed by atoms with Crippen LogP contribution in [0.25, 0.3) is 0 Å². The average molecular weight is 351 g/mol. The lowest BCUT2D eigenvalue weighted by atomic mass is 10.2. The zero-order valence-corrected chi connectivity index (χ0v) is 15.2. The first kappa shape index (κ1) is 17.2. The molecule has 1 unspecified atom stereocenters. The third-order valence-corrected chi connectivity index (χ3v) is 8.15. The second-order valence-corrected chi connectivity index (χ2v) is 8.90. The zero-order chi connectivity index (χ0) is 15.6. The summed E-state index contributed by atoms with van der Waals surface area (Å²) in [5, 5.41) is 0. The maximum Gasteiger partial charge on any atom is 0.252 e. The summed E-state index contributed by atoms with van der Waals surface area (Å²) in [4.78, 5) is 3.27. The Morgan fingerprint density at radius 1 is 1.43 bits per heavy atom. The fourth-order valence-electron chi connectivity index (χ4n) is 2.84. The van der Waals surface area contributed by atoms with Crippen LogP contribution in [0.2, 0.25) is 0 Å². The molecular formula is C14H23ClN2O2S2. The smallest absolute Gasteiger partial charge is 0.252 e. The van der Waals surface area contributed by atoms with Gasteiger partial charge in [-0.1, -0.05) is 13.8 Å². The average Bonchev–Trinajstić information content (AvgIpc) is 3.07. The molecule has 0 bridgehead atoms. The van der Waals surface area contributed by atoms with Crippen LogP contribution in [-0.4, -0.2) is 49.8 Å². The van der Waals surface area contributed by atoms with Crippen molar-refractivity contribution in [3.63, 3.8) is 0 Å². The Hall–Kier alpha value is -0.140. The molecule has 0 radical (unpaired) electrons. The molecule has 7 heteroatoms. The molecule has 0 spiro atoms. The van der Waals surface area contributed by atoms with E-state index in [1.54, 1.807) is 10.4 Å². The number of rotatable bonds is 6. The van der Waals surface area contributed by atoms with Crippen LogP contribution in [-0.2, 0) is 15.9 Å². The normalized spacial score (nSPS) is 20.5. The molecule has 1 fully saturated rings. The summed E-state index contributed by atoms with van der Waals surface area (Å²) in [6.07, 6.45) is 0.910. The first-order valence-electron chi connectivity index (χ1n) is 7.33. The molecule has 1 aliphatic heterocycles. The van der Waals surface area contributed by atoms with Crippen LogP contribution >= 0.6 is 22.9 Å². The van der Waals surface area contributed by atoms with E-state index in [0.29, 0.717) is 29.2 Å². The van der Waals surface area contributed by atoms with Crippen molar-refractivity contribution in [3.05, 3.63) is 16.5 Å². The van der Waals surface area contributed by atoms with Gasteiger partial charge in [-0.2, -0.15) is 4.31 Å². The van der Waals surface area contributed by atoms with E-state index in [1.807, 2.05) is 6.92 Å². The van der Waals surface area contributed by atoms with Crippen LogP contribution in [0.5, 0.6) is 0 Å². The van der Waals surface area contributed by atoms with E-state index in [-0.39, 0.29) is 0 Å². The van der Waals surface area contributed by atoms with Crippen molar-refractivity contribution in [3.8, 4) is 0 Å². The Kier molecular flexibility index (Phi) is 5.71. The summed E-state index contributed by atoms with van der Waals surface area (Å²) in [6, 6.07) is 2.09. The Morgan fingerprint density at radius 2 is 2.10 bits per heavy atom. The van der Waals surface area contributed by atoms with Crippen LogP contribution in [0.3, 0.4) is 0 Å². The molecule has 1 aromatic rings. The first-order valence-corrected chi connectivity index (χ1v) is 10.1. The summed E-state index contributed by atoms with van der Waals surface area (Å²) < 4.78 is 27.5. The molecule has 21 heavy (non-hydrogen) atoms. The van der Waals surface area contributed by atoms with Gasteiger partial charge >= 0.3 is 0 Å². The van der Waals surface area contributed by atoms with E-state index in [2.05, 4.69) is 18.7 Å². The summed E-state index contributed by atoms with van der Waals surface area (Å²) in [5.41, 5.74) is 0.966. The van der Waals surface area contributed by atoms with Crippen LogP contribution in [0.15, 0.2) is 10.3 Å². The van der Waals surface area contributed by atoms with Gasteiger partial charge < -0.3 is 0 Å². The maximum atomic E-state index is 12.7. The van der Waals surface area contributed by atoms with Crippen LogP contribution in [0.1, 0.15) is 30.7 Å². The van der Waals surface area contributed by atoms with Gasteiger partial charge in [0.05, 0.1) is 5.88 Å². The molecule has 1 atom stereocenters. The van der Waals surface area contributed by atoms with Gasteiger partial charge in [-0.05, 0) is 38.1 Å². The lowest BCUT2D eigenvalue weighted by molar-refractivity contribution is 0.225. The maximum absolute atomic E-state index is 12.7. The molecule has 1 saturated heterocycles. The number of hydrogen-bond acceptors (Lipinski definition) is 4. The zero-order valence-electron chi connectivity index (χ0n) is 12.8. The predicted octanol–water partition coefficient (Wildman–Crippen LogP) is 2.90. The van der Waals surface area contributed by atoms with Crippen LogP contribution in [0.4, 0.5) is 0 Å². The van der Waals surface area contributed by atoms with Gasteiger partial charge in [-0.3, -0.25) is 4.90 Å². The summed E-state index contributed by atoms with van der Waals surface area (Å²) >= 11 is 7.15. The lowest BCUT2D eigenvalue weighted by Crippen LogP contribution is -2.38. The fraction of sp³-hybridized carbons (Fsp3) is 0.714. The number of hydrogen-bond donors (Lipinski definition) is 0. The largest absolute Gasteiger partial charge is 0.300 e. The number of sulfonamides is 1. The number of nitrogens with zero attached hydrogens (tertiary/aromatic N) is 2. The van der Waals surface area contributed by atoms with Crippen molar-refractivity contribution in [1.29, 1.82) is 0 Å². The van der Waals surface area contributed by atoms with Gasteiger partial charge in [0.25, 0.3) is 10.0 Å². The quantitative estimate of drug-likeness (QED) is 0.741. The van der Waals surface area contributed by atoms with E-state index in [4.69, 9.17) is 11.6 Å². The lowest BCUT2D eigenvalue weighted by Gasteiger charge is -2.25. The van der Waals surface area contributed by atoms with Crippen molar-refractivity contribution in [2.45, 2.75) is 43.3 Å². The second-order valence-electron chi connectivity index (χ2n) is 5.33. The minimum Gasteiger partial charge on any atom is -0.300 e. The molecule has 1 aliphatic rings. The predicted molar refractivity (Wildman–Crippen MR) is 88.7 cm³/mol. The number of thiophene rings is 1. The van der Waals surface area contributed by atoms with Gasteiger partial charge in [0.2, 0.25) is 0 Å². The van der Waals surface area contributed by atoms with E-state index in [0.717, 1.165) is 30.0 Å². The van der Waals surface area contributed by atoms with Crippen molar-refractivity contribution < 1.29 is 8.42 Å². The summed E-state index contributed by atoms with van der Waals surface area (Å²) in [6.45, 7) is 9.28. The Balaban J connectivity index is 2.17. The summed E-state index contributed by atoms with van der Waals surface area (Å²) in [5.74, 6) is 0.369. The molecule has 0 saturated carbocycles. The molecule has 0 N–H and O–H groups in total. The molecule has 4 nitrogen and oxygen atoms in total. The number of halogens is 1. The molecule has 0 aliphatic carbocycles. The van der Waals surface area contributed by atoms with E-state index in [1.165, 1.54) is 11.3 Å². The van der Waals surface area contributed by atoms with Gasteiger partial charge in [-0.15, -0.1) is 22.9 Å². The topological polar surface area (TPSA) is 40.6 Å². The number of aryl methyl sites for hydroxylation is 1. The fourth-order valence-corrected chi connectivity index (χ4v) is 6.30. The molecule has 120 valence electrons. The number of likely N-dealkylation sites (N-methyl/N-ethyl adjacent to an activating group) is 1. The highest BCUT2D eigenvalue weighted by Gasteiger charge is 2.35. The Bertz CT molecular complexity index is 582. The second kappa shape index (κ2) is 6.96. The van der Waals surface area contributed by atoms with Crippen molar-refractivity contribution in [1.82, 2.24) is 9.21 Å². The molecule has 2 heterocycles. The monoisotopic (exact) mass is 350 g/mol. The van der Waals surface area contributed by atoms with Gasteiger partial charge in [0.15, 0.2) is 0 Å². The standard InChI is InChI=1S/C14H23ClN2O2S2/c1-4-16(5-2)12-6-7-17(10-12)21(18,19)14-8-11(3)13(9-15)20-14/h8,12H,4-7,9-10H2,1-3H3. The van der Waals surface area contributed by atoms with Gasteiger partial charge in [0, 0.05) is 24.0 Å². The highest BCUT2D eigenvalue weighted by molar-refractivity contribution is 7.91.